The molecule has 1 aliphatic rings. The molecular weight excluding hydrogens is 290 g/mol. The van der Waals surface area contributed by atoms with Gasteiger partial charge in [0.05, 0.1) is 0 Å². The van der Waals surface area contributed by atoms with Crippen molar-refractivity contribution >= 4 is 11.8 Å². The van der Waals surface area contributed by atoms with Gasteiger partial charge in [-0.2, -0.15) is 0 Å². The van der Waals surface area contributed by atoms with Crippen LogP contribution in [-0.4, -0.2) is 37.0 Å². The van der Waals surface area contributed by atoms with E-state index in [2.05, 4.69) is 16.0 Å². The van der Waals surface area contributed by atoms with E-state index < -0.39 is 6.04 Å². The molecule has 1 aromatic carbocycles. The van der Waals surface area contributed by atoms with Crippen molar-refractivity contribution in [3.05, 3.63) is 35.4 Å². The van der Waals surface area contributed by atoms with Gasteiger partial charge in [-0.05, 0) is 50.4 Å². The first kappa shape index (κ1) is 17.5. The molecule has 5 nitrogen and oxygen atoms in total. The maximum absolute atomic E-state index is 12.6. The number of carbonyl (C=O) groups is 2. The number of piperidine rings is 1. The van der Waals surface area contributed by atoms with Crippen LogP contribution in [-0.2, 0) is 4.79 Å². The van der Waals surface area contributed by atoms with Crippen LogP contribution in [0, 0.1) is 12.8 Å². The first-order valence-corrected chi connectivity index (χ1v) is 8.36. The highest BCUT2D eigenvalue weighted by molar-refractivity contribution is 5.98. The van der Waals surface area contributed by atoms with E-state index in [1.54, 1.807) is 6.07 Å². The Morgan fingerprint density at radius 1 is 1.17 bits per heavy atom. The van der Waals surface area contributed by atoms with Crippen LogP contribution < -0.4 is 16.0 Å². The Morgan fingerprint density at radius 2 is 1.83 bits per heavy atom. The van der Waals surface area contributed by atoms with Gasteiger partial charge in [0.15, 0.2) is 0 Å². The first-order chi connectivity index (χ1) is 11.0. The summed E-state index contributed by atoms with van der Waals surface area (Å²) in [5.74, 6) is -0.249. The smallest absolute Gasteiger partial charge is 0.252 e. The van der Waals surface area contributed by atoms with E-state index in [1.165, 1.54) is 0 Å². The van der Waals surface area contributed by atoms with Crippen molar-refractivity contribution in [3.8, 4) is 0 Å². The molecule has 5 heteroatoms. The average molecular weight is 317 g/mol. The van der Waals surface area contributed by atoms with Gasteiger partial charge in [0.1, 0.15) is 6.04 Å². The molecule has 0 saturated carbocycles. The monoisotopic (exact) mass is 317 g/mol. The Kier molecular flexibility index (Phi) is 6.16. The molecule has 1 aromatic rings. The van der Waals surface area contributed by atoms with Gasteiger partial charge in [-0.25, -0.2) is 0 Å². The lowest BCUT2D eigenvalue weighted by molar-refractivity contribution is -0.124. The van der Waals surface area contributed by atoms with Crippen LogP contribution in [0.25, 0.3) is 0 Å². The van der Waals surface area contributed by atoms with Crippen LogP contribution in [0.3, 0.4) is 0 Å². The quantitative estimate of drug-likeness (QED) is 0.773. The van der Waals surface area contributed by atoms with Crippen molar-refractivity contribution in [2.75, 3.05) is 13.1 Å². The highest BCUT2D eigenvalue weighted by Crippen LogP contribution is 2.10. The van der Waals surface area contributed by atoms with Gasteiger partial charge < -0.3 is 16.0 Å². The van der Waals surface area contributed by atoms with Crippen LogP contribution in [0.2, 0.25) is 0 Å². The van der Waals surface area contributed by atoms with Crippen LogP contribution in [0.1, 0.15) is 42.6 Å². The molecule has 1 saturated heterocycles. The van der Waals surface area contributed by atoms with Crippen molar-refractivity contribution in [2.45, 2.75) is 45.7 Å². The highest BCUT2D eigenvalue weighted by Gasteiger charge is 2.27. The number of rotatable bonds is 5. The molecule has 0 aliphatic carbocycles. The number of carbonyl (C=O) groups excluding carboxylic acids is 2. The van der Waals surface area contributed by atoms with E-state index in [4.69, 9.17) is 0 Å². The number of hydrogen-bond acceptors (Lipinski definition) is 3. The van der Waals surface area contributed by atoms with Crippen LogP contribution in [0.5, 0.6) is 0 Å². The lowest BCUT2D eigenvalue weighted by Gasteiger charge is -2.28. The zero-order valence-corrected chi connectivity index (χ0v) is 14.2. The molecule has 0 radical (unpaired) electrons. The van der Waals surface area contributed by atoms with Gasteiger partial charge in [-0.15, -0.1) is 0 Å². The Balaban J connectivity index is 2.01. The summed E-state index contributed by atoms with van der Waals surface area (Å²) in [4.78, 5) is 25.0. The minimum absolute atomic E-state index is 0.0321. The predicted molar refractivity (Wildman–Crippen MR) is 91.3 cm³/mol. The molecule has 1 heterocycles. The van der Waals surface area contributed by atoms with Gasteiger partial charge in [-0.1, -0.05) is 32.0 Å². The molecule has 0 bridgehead atoms. The second-order valence-corrected chi connectivity index (χ2v) is 6.54. The molecule has 3 N–H and O–H groups in total. The van der Waals surface area contributed by atoms with E-state index in [1.807, 2.05) is 39.0 Å². The first-order valence-electron chi connectivity index (χ1n) is 8.36. The summed E-state index contributed by atoms with van der Waals surface area (Å²) in [6, 6.07) is 7.09. The molecule has 126 valence electrons. The zero-order valence-electron chi connectivity index (χ0n) is 14.2. The average Bonchev–Trinajstić information content (AvgIpc) is 2.53. The van der Waals surface area contributed by atoms with E-state index in [0.717, 1.165) is 31.5 Å². The standard InChI is InChI=1S/C18H27N3O2/c1-12(2)16(18(23)20-14-8-10-19-11-9-14)21-17(22)15-7-5-4-6-13(15)3/h4-7,12,14,16,19H,8-11H2,1-3H3,(H,20,23)(H,21,22). The second kappa shape index (κ2) is 8.11. The van der Waals surface area contributed by atoms with Crippen LogP contribution >= 0.6 is 0 Å². The normalized spacial score (nSPS) is 16.9. The Hall–Kier alpha value is -1.88. The molecule has 0 spiro atoms. The molecule has 2 rings (SSSR count). The predicted octanol–water partition coefficient (Wildman–Crippen LogP) is 1.62. The summed E-state index contributed by atoms with van der Waals surface area (Å²) in [6.45, 7) is 7.64. The Bertz CT molecular complexity index is 551. The molecule has 2 amide bonds. The highest BCUT2D eigenvalue weighted by atomic mass is 16.2. The SMILES string of the molecule is Cc1ccccc1C(=O)NC(C(=O)NC1CCNCC1)C(C)C. The van der Waals surface area contributed by atoms with Gasteiger partial charge in [0, 0.05) is 11.6 Å². The number of aryl methyl sites for hydroxylation is 1. The van der Waals surface area contributed by atoms with Crippen molar-refractivity contribution in [3.63, 3.8) is 0 Å². The Morgan fingerprint density at radius 3 is 2.43 bits per heavy atom. The van der Waals surface area contributed by atoms with Crippen molar-refractivity contribution in [1.82, 2.24) is 16.0 Å². The third kappa shape index (κ3) is 4.79. The fourth-order valence-corrected chi connectivity index (χ4v) is 2.84. The van der Waals surface area contributed by atoms with E-state index in [0.29, 0.717) is 5.56 Å². The molecule has 1 atom stereocenters. The molecule has 1 fully saturated rings. The lowest BCUT2D eigenvalue weighted by Crippen LogP contribution is -2.53. The summed E-state index contributed by atoms with van der Waals surface area (Å²) in [6.07, 6.45) is 1.87. The van der Waals surface area contributed by atoms with Crippen molar-refractivity contribution in [2.24, 2.45) is 5.92 Å². The maximum atomic E-state index is 12.6. The third-order valence-corrected chi connectivity index (χ3v) is 4.31. The van der Waals surface area contributed by atoms with E-state index in [-0.39, 0.29) is 23.8 Å². The minimum atomic E-state index is -0.517. The molecule has 1 unspecified atom stereocenters. The Labute approximate surface area is 138 Å². The summed E-state index contributed by atoms with van der Waals surface area (Å²) in [5.41, 5.74) is 1.53. The molecule has 23 heavy (non-hydrogen) atoms. The summed E-state index contributed by atoms with van der Waals surface area (Å²) in [7, 11) is 0. The van der Waals surface area contributed by atoms with Gasteiger partial charge in [0.25, 0.3) is 5.91 Å². The summed E-state index contributed by atoms with van der Waals surface area (Å²) < 4.78 is 0. The van der Waals surface area contributed by atoms with Gasteiger partial charge >= 0.3 is 0 Å². The van der Waals surface area contributed by atoms with Crippen molar-refractivity contribution in [1.29, 1.82) is 0 Å². The maximum Gasteiger partial charge on any atom is 0.252 e. The van der Waals surface area contributed by atoms with Gasteiger partial charge in [-0.3, -0.25) is 9.59 Å². The number of nitrogens with one attached hydrogen (secondary N) is 3. The van der Waals surface area contributed by atoms with Crippen LogP contribution in [0.4, 0.5) is 0 Å². The van der Waals surface area contributed by atoms with Crippen molar-refractivity contribution < 1.29 is 9.59 Å². The van der Waals surface area contributed by atoms with Gasteiger partial charge in [0.2, 0.25) is 5.91 Å². The number of amides is 2. The van der Waals surface area contributed by atoms with E-state index in [9.17, 15) is 9.59 Å². The number of benzene rings is 1. The second-order valence-electron chi connectivity index (χ2n) is 6.54. The summed E-state index contributed by atoms with van der Waals surface area (Å²) >= 11 is 0. The fourth-order valence-electron chi connectivity index (χ4n) is 2.84. The largest absolute Gasteiger partial charge is 0.351 e. The van der Waals surface area contributed by atoms with E-state index >= 15 is 0 Å². The van der Waals surface area contributed by atoms with Crippen LogP contribution in [0.15, 0.2) is 24.3 Å². The molecule has 1 aliphatic heterocycles. The lowest BCUT2D eigenvalue weighted by atomic mass is 10.00. The minimum Gasteiger partial charge on any atom is -0.351 e. The fraction of sp³-hybridized carbons (Fsp3) is 0.556. The summed E-state index contributed by atoms with van der Waals surface area (Å²) in [5, 5.41) is 9.25. The topological polar surface area (TPSA) is 70.2 Å². The third-order valence-electron chi connectivity index (χ3n) is 4.31. The number of hydrogen-bond donors (Lipinski definition) is 3. The molecular formula is C18H27N3O2. The zero-order chi connectivity index (χ0) is 16.8. The molecule has 0 aromatic heterocycles.